The van der Waals surface area contributed by atoms with Gasteiger partial charge in [-0.15, -0.1) is 0 Å². The van der Waals surface area contributed by atoms with Gasteiger partial charge in [0, 0.05) is 11.5 Å². The quantitative estimate of drug-likeness (QED) is 0.427. The average molecular weight is 498 g/mol. The van der Waals surface area contributed by atoms with Crippen molar-refractivity contribution >= 4 is 29.5 Å². The minimum Gasteiger partial charge on any atom is -0.478 e. The Morgan fingerprint density at radius 2 is 1.44 bits per heavy atom. The van der Waals surface area contributed by atoms with E-state index in [1.807, 2.05) is 0 Å². The fraction of sp³-hybridized carbons (Fsp3) is 0.231. The molecule has 9 nitrogen and oxygen atoms in total. The van der Waals surface area contributed by atoms with Crippen LogP contribution in [0.3, 0.4) is 0 Å². The summed E-state index contributed by atoms with van der Waals surface area (Å²) in [6.45, 7) is 4.81. The first kappa shape index (κ1) is 26.1. The minimum absolute atomic E-state index is 0.0166. The Balaban J connectivity index is 0.000000236. The number of aromatic carboxylic acids is 2. The van der Waals surface area contributed by atoms with Gasteiger partial charge in [-0.2, -0.15) is 0 Å². The van der Waals surface area contributed by atoms with Gasteiger partial charge in [-0.25, -0.2) is 23.6 Å². The van der Waals surface area contributed by atoms with Crippen molar-refractivity contribution in [3.8, 4) is 0 Å². The van der Waals surface area contributed by atoms with Crippen molar-refractivity contribution in [2.24, 2.45) is 5.92 Å². The lowest BCUT2D eigenvalue weighted by atomic mass is 9.74. The third-order valence-electron chi connectivity index (χ3n) is 6.28. The van der Waals surface area contributed by atoms with Crippen LogP contribution >= 0.6 is 0 Å². The smallest absolute Gasteiger partial charge is 0.356 e. The van der Waals surface area contributed by atoms with Crippen molar-refractivity contribution in [1.29, 1.82) is 0 Å². The molecule has 0 saturated carbocycles. The molecule has 4 N–H and O–H groups in total. The molecule has 0 spiro atoms. The largest absolute Gasteiger partial charge is 0.478 e. The van der Waals surface area contributed by atoms with Crippen molar-refractivity contribution in [2.75, 3.05) is 0 Å². The first-order chi connectivity index (χ1) is 16.9. The molecule has 1 aliphatic carbocycles. The predicted molar refractivity (Wildman–Crippen MR) is 124 cm³/mol. The first-order valence-corrected chi connectivity index (χ1v) is 10.8. The fourth-order valence-corrected chi connectivity index (χ4v) is 4.40. The first-order valence-electron chi connectivity index (χ1n) is 10.8. The fourth-order valence-electron chi connectivity index (χ4n) is 4.40. The van der Waals surface area contributed by atoms with Crippen LogP contribution in [0, 0.1) is 18.7 Å². The molecule has 36 heavy (non-hydrogen) atoms. The molecule has 0 radical (unpaired) electrons. The molecule has 1 unspecified atom stereocenters. The van der Waals surface area contributed by atoms with Gasteiger partial charge in [-0.3, -0.25) is 0 Å². The van der Waals surface area contributed by atoms with Gasteiger partial charge in [0.05, 0.1) is 16.7 Å². The summed E-state index contributed by atoms with van der Waals surface area (Å²) >= 11 is 0. The van der Waals surface area contributed by atoms with Crippen LogP contribution in [0.2, 0.25) is 0 Å². The number of benzene rings is 2. The number of carboxylic acid groups (broad SMARTS) is 4. The standard InChI is InChI=1S/C17H15FO5.C9H8O4/c1-3-11-13(9-4-6-10(18)7-5-9)12(15(19)20)8(2)17(16(21)22)14(11)23-17;1-5-6(8(10)11)3-2-4-7(5)9(12)13/h4-8H,3H2,1-2H3,(H,19,20)(H,21,22);2-4H,1H3,(H,10,11)(H,12,13)/t8-,17?;/m1./s1. The van der Waals surface area contributed by atoms with E-state index in [-0.39, 0.29) is 22.3 Å². The van der Waals surface area contributed by atoms with Crippen LogP contribution in [0.5, 0.6) is 0 Å². The zero-order valence-electron chi connectivity index (χ0n) is 19.5. The maximum atomic E-state index is 13.2. The van der Waals surface area contributed by atoms with E-state index >= 15 is 0 Å². The van der Waals surface area contributed by atoms with Gasteiger partial charge in [0.1, 0.15) is 5.82 Å². The number of carboxylic acids is 4. The lowest BCUT2D eigenvalue weighted by Gasteiger charge is -2.24. The number of carbonyl (C=O) groups is 4. The van der Waals surface area contributed by atoms with Crippen LogP contribution in [0.1, 0.15) is 52.1 Å². The van der Waals surface area contributed by atoms with Crippen LogP contribution < -0.4 is 0 Å². The number of allylic oxidation sites excluding steroid dienone is 2. The summed E-state index contributed by atoms with van der Waals surface area (Å²) in [5, 5.41) is 36.5. The summed E-state index contributed by atoms with van der Waals surface area (Å²) in [7, 11) is 0. The van der Waals surface area contributed by atoms with Gasteiger partial charge >= 0.3 is 23.9 Å². The molecule has 1 saturated heterocycles. The van der Waals surface area contributed by atoms with E-state index in [9.17, 15) is 33.8 Å². The Morgan fingerprint density at radius 3 is 1.86 bits per heavy atom. The Labute approximate surface area is 204 Å². The van der Waals surface area contributed by atoms with Crippen LogP contribution in [0.15, 0.2) is 59.4 Å². The highest BCUT2D eigenvalue weighted by Crippen LogP contribution is 2.58. The molecule has 0 amide bonds. The van der Waals surface area contributed by atoms with Crippen molar-refractivity contribution in [3.63, 3.8) is 0 Å². The SMILES string of the molecule is CCC1=C2OC2(C(=O)O)[C@H](C)C(C(=O)O)=C1c1ccc(F)cc1.Cc1c(C(=O)O)cccc1C(=O)O. The molecule has 1 fully saturated rings. The lowest BCUT2D eigenvalue weighted by molar-refractivity contribution is -0.145. The monoisotopic (exact) mass is 498 g/mol. The number of rotatable bonds is 6. The van der Waals surface area contributed by atoms with Crippen LogP contribution in [-0.4, -0.2) is 49.9 Å². The highest BCUT2D eigenvalue weighted by Gasteiger charge is 2.69. The van der Waals surface area contributed by atoms with Gasteiger partial charge in [0.25, 0.3) is 5.60 Å². The summed E-state index contributed by atoms with van der Waals surface area (Å²) in [4.78, 5) is 44.6. The van der Waals surface area contributed by atoms with Crippen molar-refractivity contribution in [2.45, 2.75) is 32.8 Å². The Kier molecular flexibility index (Phi) is 7.01. The number of aliphatic carboxylic acids is 2. The zero-order valence-corrected chi connectivity index (χ0v) is 19.5. The molecule has 0 aromatic heterocycles. The summed E-state index contributed by atoms with van der Waals surface area (Å²) in [5.74, 6) is -5.57. The van der Waals surface area contributed by atoms with Gasteiger partial charge < -0.3 is 25.2 Å². The van der Waals surface area contributed by atoms with E-state index in [1.165, 1.54) is 56.3 Å². The third-order valence-corrected chi connectivity index (χ3v) is 6.28. The van der Waals surface area contributed by atoms with Crippen molar-refractivity contribution in [1.82, 2.24) is 0 Å². The number of hydrogen-bond donors (Lipinski definition) is 4. The minimum atomic E-state index is -1.58. The lowest BCUT2D eigenvalue weighted by Crippen LogP contribution is -2.37. The number of halogens is 1. The average Bonchev–Trinajstić information content (AvgIpc) is 3.57. The Bertz CT molecular complexity index is 1310. The second-order valence-electron chi connectivity index (χ2n) is 8.21. The number of epoxide rings is 1. The Hall–Kier alpha value is -4.47. The maximum Gasteiger partial charge on any atom is 0.356 e. The third kappa shape index (κ3) is 4.33. The summed E-state index contributed by atoms with van der Waals surface area (Å²) in [5.41, 5.74) is 0.253. The van der Waals surface area contributed by atoms with Crippen molar-refractivity contribution < 1.29 is 48.7 Å². The highest BCUT2D eigenvalue weighted by atomic mass is 19.1. The van der Waals surface area contributed by atoms with Crippen LogP contribution in [0.25, 0.3) is 5.57 Å². The van der Waals surface area contributed by atoms with Crippen LogP contribution in [-0.2, 0) is 14.3 Å². The topological polar surface area (TPSA) is 162 Å². The van der Waals surface area contributed by atoms with Gasteiger partial charge in [0.15, 0.2) is 5.76 Å². The van der Waals surface area contributed by atoms with Crippen molar-refractivity contribution in [3.05, 3.63) is 87.4 Å². The molecule has 1 heterocycles. The van der Waals surface area contributed by atoms with E-state index in [4.69, 9.17) is 14.9 Å². The highest BCUT2D eigenvalue weighted by molar-refractivity contribution is 6.06. The molecule has 10 heteroatoms. The molecule has 2 aromatic rings. The summed E-state index contributed by atoms with van der Waals surface area (Å²) < 4.78 is 18.6. The second-order valence-corrected chi connectivity index (χ2v) is 8.21. The van der Waals surface area contributed by atoms with E-state index in [0.29, 0.717) is 28.9 Å². The van der Waals surface area contributed by atoms with E-state index in [2.05, 4.69) is 0 Å². The van der Waals surface area contributed by atoms with E-state index in [1.54, 1.807) is 6.92 Å². The zero-order chi connectivity index (χ0) is 26.9. The Morgan fingerprint density at radius 1 is 0.917 bits per heavy atom. The molecular weight excluding hydrogens is 475 g/mol. The van der Waals surface area contributed by atoms with Gasteiger partial charge in [-0.1, -0.05) is 32.0 Å². The van der Waals surface area contributed by atoms with Crippen LogP contribution in [0.4, 0.5) is 4.39 Å². The molecule has 2 atom stereocenters. The van der Waals surface area contributed by atoms with Gasteiger partial charge in [0.2, 0.25) is 0 Å². The van der Waals surface area contributed by atoms with E-state index in [0.717, 1.165) is 0 Å². The molecule has 1 aliphatic heterocycles. The normalized spacial score (nSPS) is 19.9. The number of ether oxygens (including phenoxy) is 1. The molecule has 2 aromatic carbocycles. The number of hydrogen-bond acceptors (Lipinski definition) is 5. The summed E-state index contributed by atoms with van der Waals surface area (Å²) in [6, 6.07) is 9.65. The molecule has 4 rings (SSSR count). The number of fused-ring (bicyclic) bond motifs is 1. The molecule has 2 aliphatic rings. The van der Waals surface area contributed by atoms with E-state index < -0.39 is 41.2 Å². The maximum absolute atomic E-state index is 13.2. The second kappa shape index (κ2) is 9.65. The van der Waals surface area contributed by atoms with Gasteiger partial charge in [-0.05, 0) is 54.3 Å². The molecule has 0 bridgehead atoms. The molecule has 188 valence electrons. The predicted octanol–water partition coefficient (Wildman–Crippen LogP) is 4.22. The molecular formula is C26H23FO9. The summed E-state index contributed by atoms with van der Waals surface area (Å²) in [6.07, 6.45) is 0.417.